The van der Waals surface area contributed by atoms with Gasteiger partial charge in [0.1, 0.15) is 5.56 Å². The standard InChI is InChI=1S/C20H32N4O4/c1-23(2)11-14-12-24(15-7-9-28-10-8-15)13-17(14)21-19(25)16-5-6-18(26-3)22-20(16)27-4/h5-6,14-15,17H,7-13H2,1-4H3,(H,21,25)/t14-,17-/m1/s1. The molecule has 2 aliphatic rings. The summed E-state index contributed by atoms with van der Waals surface area (Å²) in [6.07, 6.45) is 2.12. The number of hydrogen-bond acceptors (Lipinski definition) is 7. The minimum atomic E-state index is -0.158. The largest absolute Gasteiger partial charge is 0.481 e. The lowest BCUT2D eigenvalue weighted by atomic mass is 10.0. The first-order valence-electron chi connectivity index (χ1n) is 9.88. The highest BCUT2D eigenvalue weighted by molar-refractivity contribution is 5.96. The molecule has 156 valence electrons. The van der Waals surface area contributed by atoms with Crippen molar-refractivity contribution in [2.45, 2.75) is 24.9 Å². The molecule has 0 spiro atoms. The third kappa shape index (κ3) is 4.92. The topological polar surface area (TPSA) is 76.2 Å². The molecule has 1 aromatic heterocycles. The van der Waals surface area contributed by atoms with Crippen LogP contribution in [0.3, 0.4) is 0 Å². The van der Waals surface area contributed by atoms with E-state index < -0.39 is 0 Å². The Morgan fingerprint density at radius 3 is 2.64 bits per heavy atom. The highest BCUT2D eigenvalue weighted by atomic mass is 16.5. The molecule has 1 N–H and O–H groups in total. The number of rotatable bonds is 7. The Hall–Kier alpha value is -1.90. The van der Waals surface area contributed by atoms with Crippen molar-refractivity contribution in [1.82, 2.24) is 20.1 Å². The van der Waals surface area contributed by atoms with Crippen LogP contribution >= 0.6 is 0 Å². The predicted octanol–water partition coefficient (Wildman–Crippen LogP) is 0.870. The Balaban J connectivity index is 1.71. The van der Waals surface area contributed by atoms with Crippen LogP contribution in [0.15, 0.2) is 12.1 Å². The molecule has 0 unspecified atom stereocenters. The maximum absolute atomic E-state index is 13.0. The van der Waals surface area contributed by atoms with Gasteiger partial charge in [0.25, 0.3) is 5.91 Å². The third-order valence-corrected chi connectivity index (χ3v) is 5.57. The summed E-state index contributed by atoms with van der Waals surface area (Å²) < 4.78 is 15.9. The van der Waals surface area contributed by atoms with Crippen molar-refractivity contribution >= 4 is 5.91 Å². The SMILES string of the molecule is COc1ccc(C(=O)N[C@@H]2CN(C3CCOCC3)C[C@H]2CN(C)C)c(OC)n1. The molecule has 0 aromatic carbocycles. The number of hydrogen-bond donors (Lipinski definition) is 1. The van der Waals surface area contributed by atoms with Gasteiger partial charge in [-0.05, 0) is 33.0 Å². The van der Waals surface area contributed by atoms with Gasteiger partial charge in [-0.2, -0.15) is 4.98 Å². The molecule has 2 aliphatic heterocycles. The van der Waals surface area contributed by atoms with Gasteiger partial charge in [-0.1, -0.05) is 0 Å². The number of carbonyl (C=O) groups is 1. The number of aromatic nitrogens is 1. The van der Waals surface area contributed by atoms with Gasteiger partial charge in [-0.3, -0.25) is 9.69 Å². The zero-order chi connectivity index (χ0) is 20.1. The first-order valence-corrected chi connectivity index (χ1v) is 9.88. The molecule has 0 saturated carbocycles. The van der Waals surface area contributed by atoms with Crippen LogP contribution in [0.25, 0.3) is 0 Å². The van der Waals surface area contributed by atoms with E-state index in [0.717, 1.165) is 45.7 Å². The van der Waals surface area contributed by atoms with Gasteiger partial charge >= 0.3 is 0 Å². The van der Waals surface area contributed by atoms with Crippen molar-refractivity contribution in [3.05, 3.63) is 17.7 Å². The predicted molar refractivity (Wildman–Crippen MR) is 106 cm³/mol. The van der Waals surface area contributed by atoms with E-state index in [9.17, 15) is 4.79 Å². The lowest BCUT2D eigenvalue weighted by Gasteiger charge is -2.31. The summed E-state index contributed by atoms with van der Waals surface area (Å²) in [5.74, 6) is 0.916. The van der Waals surface area contributed by atoms with Crippen molar-refractivity contribution in [2.75, 3.05) is 61.2 Å². The van der Waals surface area contributed by atoms with E-state index in [2.05, 4.69) is 34.2 Å². The molecule has 8 heteroatoms. The first-order chi connectivity index (χ1) is 13.5. The Morgan fingerprint density at radius 1 is 1.25 bits per heavy atom. The number of nitrogens with one attached hydrogen (secondary N) is 1. The number of pyridine rings is 1. The van der Waals surface area contributed by atoms with E-state index in [4.69, 9.17) is 14.2 Å². The molecule has 0 bridgehead atoms. The molecular formula is C20H32N4O4. The summed E-state index contributed by atoms with van der Waals surface area (Å²) in [5, 5.41) is 3.23. The maximum atomic E-state index is 13.0. The van der Waals surface area contributed by atoms with Crippen LogP contribution in [-0.4, -0.2) is 93.9 Å². The molecule has 2 saturated heterocycles. The third-order valence-electron chi connectivity index (χ3n) is 5.57. The van der Waals surface area contributed by atoms with Gasteiger partial charge in [-0.15, -0.1) is 0 Å². The first kappa shape index (κ1) is 20.8. The monoisotopic (exact) mass is 392 g/mol. The summed E-state index contributed by atoms with van der Waals surface area (Å²) in [6, 6.07) is 4.01. The second kappa shape index (κ2) is 9.54. The highest BCUT2D eigenvalue weighted by Crippen LogP contribution is 2.26. The van der Waals surface area contributed by atoms with Gasteiger partial charge in [-0.25, -0.2) is 0 Å². The van der Waals surface area contributed by atoms with Gasteiger partial charge in [0.05, 0.1) is 14.2 Å². The van der Waals surface area contributed by atoms with Gasteiger partial charge in [0.2, 0.25) is 11.8 Å². The number of carbonyl (C=O) groups excluding carboxylic acids is 1. The van der Waals surface area contributed by atoms with Crippen LogP contribution < -0.4 is 14.8 Å². The molecule has 1 amide bonds. The Labute approximate surface area is 167 Å². The van der Waals surface area contributed by atoms with E-state index >= 15 is 0 Å². The molecule has 0 aliphatic carbocycles. The minimum Gasteiger partial charge on any atom is -0.481 e. The average molecular weight is 393 g/mol. The van der Waals surface area contributed by atoms with Crippen molar-refractivity contribution in [1.29, 1.82) is 0 Å². The number of nitrogens with zero attached hydrogens (tertiary/aromatic N) is 3. The Bertz CT molecular complexity index is 664. The van der Waals surface area contributed by atoms with E-state index in [1.807, 2.05) is 0 Å². The molecule has 28 heavy (non-hydrogen) atoms. The number of likely N-dealkylation sites (tertiary alicyclic amines) is 1. The van der Waals surface area contributed by atoms with E-state index in [1.165, 1.54) is 14.2 Å². The fourth-order valence-corrected chi connectivity index (χ4v) is 4.18. The summed E-state index contributed by atoms with van der Waals surface area (Å²) >= 11 is 0. The number of amides is 1. The summed E-state index contributed by atoms with van der Waals surface area (Å²) in [6.45, 7) is 4.44. The second-order valence-corrected chi connectivity index (χ2v) is 7.81. The maximum Gasteiger partial charge on any atom is 0.257 e. The van der Waals surface area contributed by atoms with Crippen LogP contribution in [-0.2, 0) is 4.74 Å². The van der Waals surface area contributed by atoms with Crippen molar-refractivity contribution < 1.29 is 19.0 Å². The number of ether oxygens (including phenoxy) is 3. The molecule has 1 aromatic rings. The molecule has 2 atom stereocenters. The van der Waals surface area contributed by atoms with Gasteiger partial charge < -0.3 is 24.4 Å². The molecule has 8 nitrogen and oxygen atoms in total. The normalized spacial score (nSPS) is 23.8. The molecule has 2 fully saturated rings. The molecule has 3 heterocycles. The lowest BCUT2D eigenvalue weighted by molar-refractivity contribution is 0.0403. The number of methoxy groups -OCH3 is 2. The van der Waals surface area contributed by atoms with Crippen LogP contribution in [0.5, 0.6) is 11.8 Å². The van der Waals surface area contributed by atoms with Crippen molar-refractivity contribution in [2.24, 2.45) is 5.92 Å². The van der Waals surface area contributed by atoms with Crippen molar-refractivity contribution in [3.63, 3.8) is 0 Å². The van der Waals surface area contributed by atoms with E-state index in [0.29, 0.717) is 23.4 Å². The fourth-order valence-electron chi connectivity index (χ4n) is 4.18. The molecule has 0 radical (unpaired) electrons. The minimum absolute atomic E-state index is 0.0875. The lowest BCUT2D eigenvalue weighted by Crippen LogP contribution is -2.44. The average Bonchev–Trinajstić information content (AvgIpc) is 3.09. The highest BCUT2D eigenvalue weighted by Gasteiger charge is 2.38. The smallest absolute Gasteiger partial charge is 0.257 e. The van der Waals surface area contributed by atoms with Gasteiger partial charge in [0, 0.05) is 56.9 Å². The Morgan fingerprint density at radius 2 is 2.00 bits per heavy atom. The van der Waals surface area contributed by atoms with E-state index in [1.54, 1.807) is 12.1 Å². The Kier molecular flexibility index (Phi) is 7.09. The zero-order valence-corrected chi connectivity index (χ0v) is 17.3. The molecular weight excluding hydrogens is 360 g/mol. The van der Waals surface area contributed by atoms with E-state index in [-0.39, 0.29) is 17.8 Å². The van der Waals surface area contributed by atoms with Crippen LogP contribution in [0.2, 0.25) is 0 Å². The summed E-state index contributed by atoms with van der Waals surface area (Å²) in [4.78, 5) is 21.9. The fraction of sp³-hybridized carbons (Fsp3) is 0.700. The zero-order valence-electron chi connectivity index (χ0n) is 17.3. The summed E-state index contributed by atoms with van der Waals surface area (Å²) in [5.41, 5.74) is 0.427. The second-order valence-electron chi connectivity index (χ2n) is 7.81. The van der Waals surface area contributed by atoms with Crippen LogP contribution in [0, 0.1) is 5.92 Å². The summed E-state index contributed by atoms with van der Waals surface area (Å²) in [7, 11) is 7.20. The van der Waals surface area contributed by atoms with Gasteiger partial charge in [0.15, 0.2) is 0 Å². The van der Waals surface area contributed by atoms with Crippen LogP contribution in [0.4, 0.5) is 0 Å². The van der Waals surface area contributed by atoms with Crippen LogP contribution in [0.1, 0.15) is 23.2 Å². The molecule has 3 rings (SSSR count). The quantitative estimate of drug-likeness (QED) is 0.738. The van der Waals surface area contributed by atoms with Crippen molar-refractivity contribution in [3.8, 4) is 11.8 Å².